The van der Waals surface area contributed by atoms with Crippen LogP contribution in [0.15, 0.2) is 18.2 Å². The first-order valence-corrected chi connectivity index (χ1v) is 3.69. The number of hydrogen-bond acceptors (Lipinski definition) is 1. The Kier molecular flexibility index (Phi) is 2.71. The second-order valence-corrected chi connectivity index (χ2v) is 2.44. The lowest BCUT2D eigenvalue weighted by Gasteiger charge is -2.03. The Balaban J connectivity index is 2.93. The summed E-state index contributed by atoms with van der Waals surface area (Å²) in [6, 6.07) is 4.23. The van der Waals surface area contributed by atoms with Crippen molar-refractivity contribution in [1.82, 2.24) is 0 Å². The van der Waals surface area contributed by atoms with Crippen molar-refractivity contribution >= 4 is 11.6 Å². The minimum absolute atomic E-state index is 0.208. The summed E-state index contributed by atoms with van der Waals surface area (Å²) in [4.78, 5) is 0. The summed E-state index contributed by atoms with van der Waals surface area (Å²) in [5.41, 5.74) is 0. The summed E-state index contributed by atoms with van der Waals surface area (Å²) in [6.07, 6.45) is 0. The lowest BCUT2D eigenvalue weighted by molar-refractivity contribution is 0.321. The van der Waals surface area contributed by atoms with E-state index in [1.165, 1.54) is 18.2 Å². The largest absolute Gasteiger partial charge is 0.491 e. The Labute approximate surface area is 69.7 Å². The number of ether oxygens (including phenoxy) is 1. The van der Waals surface area contributed by atoms with Crippen LogP contribution in [0.1, 0.15) is 6.92 Å². The van der Waals surface area contributed by atoms with E-state index in [4.69, 9.17) is 16.3 Å². The maximum absolute atomic E-state index is 12.8. The van der Waals surface area contributed by atoms with Gasteiger partial charge in [0, 0.05) is 11.1 Å². The molecule has 0 aliphatic heterocycles. The van der Waals surface area contributed by atoms with Gasteiger partial charge in [-0.15, -0.1) is 0 Å². The van der Waals surface area contributed by atoms with Gasteiger partial charge in [0.2, 0.25) is 0 Å². The van der Waals surface area contributed by atoms with Crippen molar-refractivity contribution < 1.29 is 9.13 Å². The van der Waals surface area contributed by atoms with E-state index in [0.717, 1.165) is 0 Å². The zero-order valence-electron chi connectivity index (χ0n) is 6.10. The highest BCUT2D eigenvalue weighted by molar-refractivity contribution is 6.30. The zero-order chi connectivity index (χ0) is 8.27. The van der Waals surface area contributed by atoms with E-state index in [2.05, 4.69) is 0 Å². The number of hydrogen-bond donors (Lipinski definition) is 0. The van der Waals surface area contributed by atoms with Crippen LogP contribution < -0.4 is 4.74 Å². The van der Waals surface area contributed by atoms with Crippen molar-refractivity contribution in [1.29, 1.82) is 0 Å². The third-order valence-corrected chi connectivity index (χ3v) is 1.43. The molecule has 0 radical (unpaired) electrons. The Morgan fingerprint density at radius 2 is 2.27 bits per heavy atom. The van der Waals surface area contributed by atoms with E-state index < -0.39 is 0 Å². The molecule has 0 heterocycles. The van der Waals surface area contributed by atoms with Crippen molar-refractivity contribution in [3.05, 3.63) is 29.0 Å². The topological polar surface area (TPSA) is 9.23 Å². The lowest BCUT2D eigenvalue weighted by atomic mass is 10.3. The lowest BCUT2D eigenvalue weighted by Crippen LogP contribution is -1.93. The predicted octanol–water partition coefficient (Wildman–Crippen LogP) is 2.88. The minimum Gasteiger partial charge on any atom is -0.491 e. The Bertz CT molecular complexity index is 250. The number of benzene rings is 1. The van der Waals surface area contributed by atoms with Gasteiger partial charge in [-0.2, -0.15) is 0 Å². The molecule has 0 bridgehead atoms. The van der Waals surface area contributed by atoms with E-state index in [9.17, 15) is 4.39 Å². The van der Waals surface area contributed by atoms with E-state index >= 15 is 0 Å². The van der Waals surface area contributed by atoms with Gasteiger partial charge in [-0.05, 0) is 19.1 Å². The van der Waals surface area contributed by atoms with Gasteiger partial charge in [-0.25, -0.2) is 4.39 Å². The highest BCUT2D eigenvalue weighted by atomic mass is 35.5. The average Bonchev–Trinajstić information content (AvgIpc) is 1.98. The molecular formula is C8H8ClFO. The third kappa shape index (κ3) is 2.09. The summed E-state index contributed by atoms with van der Waals surface area (Å²) >= 11 is 5.61. The molecule has 0 aromatic heterocycles. The first-order valence-electron chi connectivity index (χ1n) is 3.32. The summed E-state index contributed by atoms with van der Waals surface area (Å²) in [5.74, 6) is -0.170. The van der Waals surface area contributed by atoms with Gasteiger partial charge >= 0.3 is 0 Å². The van der Waals surface area contributed by atoms with Gasteiger partial charge in [-0.3, -0.25) is 0 Å². The maximum Gasteiger partial charge on any atom is 0.165 e. The van der Waals surface area contributed by atoms with Crippen LogP contribution in [0.3, 0.4) is 0 Å². The van der Waals surface area contributed by atoms with E-state index in [0.29, 0.717) is 11.6 Å². The normalized spacial score (nSPS) is 9.73. The molecule has 1 aromatic rings. The van der Waals surface area contributed by atoms with Gasteiger partial charge in [0.05, 0.1) is 6.61 Å². The van der Waals surface area contributed by atoms with Gasteiger partial charge in [0.1, 0.15) is 0 Å². The first kappa shape index (κ1) is 8.34. The Morgan fingerprint density at radius 3 is 2.91 bits per heavy atom. The average molecular weight is 175 g/mol. The van der Waals surface area contributed by atoms with Crippen molar-refractivity contribution in [2.45, 2.75) is 6.92 Å². The van der Waals surface area contributed by atoms with E-state index in [1.807, 2.05) is 0 Å². The minimum atomic E-state index is -0.378. The van der Waals surface area contributed by atoms with Gasteiger partial charge in [0.25, 0.3) is 0 Å². The van der Waals surface area contributed by atoms with Crippen LogP contribution in [-0.2, 0) is 0 Å². The van der Waals surface area contributed by atoms with Gasteiger partial charge < -0.3 is 4.74 Å². The molecule has 0 spiro atoms. The molecule has 0 unspecified atom stereocenters. The molecule has 0 amide bonds. The SMILES string of the molecule is CCOc1cc(Cl)ccc1F. The van der Waals surface area contributed by atoms with Crippen LogP contribution in [0.5, 0.6) is 5.75 Å². The maximum atomic E-state index is 12.8. The Morgan fingerprint density at radius 1 is 1.55 bits per heavy atom. The molecule has 0 atom stereocenters. The van der Waals surface area contributed by atoms with Crippen molar-refractivity contribution in [3.63, 3.8) is 0 Å². The molecule has 1 nitrogen and oxygen atoms in total. The van der Waals surface area contributed by atoms with Crippen molar-refractivity contribution in [3.8, 4) is 5.75 Å². The van der Waals surface area contributed by atoms with Crippen molar-refractivity contribution in [2.75, 3.05) is 6.61 Å². The Hall–Kier alpha value is -0.760. The third-order valence-electron chi connectivity index (χ3n) is 1.19. The number of halogens is 2. The highest BCUT2D eigenvalue weighted by Gasteiger charge is 2.01. The standard InChI is InChI=1S/C8H8ClFO/c1-2-11-8-5-6(9)3-4-7(8)10/h3-5H,2H2,1H3. The molecule has 1 rings (SSSR count). The molecule has 3 heteroatoms. The summed E-state index contributed by atoms with van der Waals surface area (Å²) < 4.78 is 17.7. The molecule has 0 fully saturated rings. The summed E-state index contributed by atoms with van der Waals surface area (Å²) in [5, 5.41) is 0.481. The molecule has 0 aliphatic carbocycles. The number of rotatable bonds is 2. The fourth-order valence-electron chi connectivity index (χ4n) is 0.743. The van der Waals surface area contributed by atoms with Crippen LogP contribution in [0, 0.1) is 5.82 Å². The molecule has 60 valence electrons. The van der Waals surface area contributed by atoms with Crippen LogP contribution in [0.2, 0.25) is 5.02 Å². The van der Waals surface area contributed by atoms with Crippen LogP contribution in [0.4, 0.5) is 4.39 Å². The second kappa shape index (κ2) is 3.58. The van der Waals surface area contributed by atoms with Crippen LogP contribution >= 0.6 is 11.6 Å². The van der Waals surface area contributed by atoms with Gasteiger partial charge in [-0.1, -0.05) is 11.6 Å². The van der Waals surface area contributed by atoms with Crippen molar-refractivity contribution in [2.24, 2.45) is 0 Å². The van der Waals surface area contributed by atoms with Gasteiger partial charge in [0.15, 0.2) is 11.6 Å². The molecule has 0 saturated heterocycles. The monoisotopic (exact) mass is 174 g/mol. The molecular weight excluding hydrogens is 167 g/mol. The first-order chi connectivity index (χ1) is 5.24. The zero-order valence-corrected chi connectivity index (χ0v) is 6.86. The quantitative estimate of drug-likeness (QED) is 0.670. The smallest absolute Gasteiger partial charge is 0.165 e. The molecule has 0 N–H and O–H groups in total. The predicted molar refractivity (Wildman–Crippen MR) is 42.6 cm³/mol. The molecule has 0 aliphatic rings. The van der Waals surface area contributed by atoms with Crippen LogP contribution in [-0.4, -0.2) is 6.61 Å². The summed E-state index contributed by atoms with van der Waals surface area (Å²) in [7, 11) is 0. The van der Waals surface area contributed by atoms with Crippen LogP contribution in [0.25, 0.3) is 0 Å². The molecule has 1 aromatic carbocycles. The highest BCUT2D eigenvalue weighted by Crippen LogP contribution is 2.21. The molecule has 11 heavy (non-hydrogen) atoms. The van der Waals surface area contributed by atoms with E-state index in [1.54, 1.807) is 6.92 Å². The van der Waals surface area contributed by atoms with E-state index in [-0.39, 0.29) is 11.6 Å². The fraction of sp³-hybridized carbons (Fsp3) is 0.250. The summed E-state index contributed by atoms with van der Waals surface area (Å²) in [6.45, 7) is 2.23. The molecule has 0 saturated carbocycles. The fourth-order valence-corrected chi connectivity index (χ4v) is 0.905. The second-order valence-electron chi connectivity index (χ2n) is 2.01.